The summed E-state index contributed by atoms with van der Waals surface area (Å²) in [4.78, 5) is 15.2. The molecule has 3 nitrogen and oxygen atoms in total. The highest BCUT2D eigenvalue weighted by molar-refractivity contribution is 5.79. The number of hydrogen-bond acceptors (Lipinski definition) is 2. The number of nitrogens with one attached hydrogen (secondary N) is 1. The molecule has 1 aliphatic heterocycles. The lowest BCUT2D eigenvalue weighted by Gasteiger charge is -2.34. The largest absolute Gasteiger partial charge is 0.353 e. The average Bonchev–Trinajstić information content (AvgIpc) is 2.52. The fourth-order valence-corrected chi connectivity index (χ4v) is 3.87. The highest BCUT2D eigenvalue weighted by Gasteiger charge is 2.28. The van der Waals surface area contributed by atoms with Crippen LogP contribution in [0.25, 0.3) is 0 Å². The van der Waals surface area contributed by atoms with Gasteiger partial charge in [0.25, 0.3) is 0 Å². The van der Waals surface area contributed by atoms with Crippen molar-refractivity contribution in [3.63, 3.8) is 0 Å². The fraction of sp³-hybridized carbons (Fsp3) is 0.667. The molecule has 1 saturated heterocycles. The lowest BCUT2D eigenvalue weighted by atomic mass is 9.91. The van der Waals surface area contributed by atoms with Crippen LogP contribution >= 0.6 is 0 Å². The molecule has 3 heteroatoms. The molecule has 1 unspecified atom stereocenters. The van der Waals surface area contributed by atoms with E-state index in [1.165, 1.54) is 11.1 Å². The van der Waals surface area contributed by atoms with E-state index in [1.807, 2.05) is 0 Å². The number of hydrogen-bond donors (Lipinski definition) is 1. The normalized spacial score (nSPS) is 19.2. The maximum Gasteiger partial charge on any atom is 0.224 e. The predicted molar refractivity (Wildman–Crippen MR) is 101 cm³/mol. The first-order valence-corrected chi connectivity index (χ1v) is 9.45. The van der Waals surface area contributed by atoms with E-state index in [4.69, 9.17) is 0 Å². The maximum atomic E-state index is 12.7. The molecule has 2 rings (SSSR count). The minimum Gasteiger partial charge on any atom is -0.353 e. The smallest absolute Gasteiger partial charge is 0.224 e. The molecular formula is C21H34N2O. The van der Waals surface area contributed by atoms with Gasteiger partial charge in [0.15, 0.2) is 0 Å². The Morgan fingerprint density at radius 1 is 1.25 bits per heavy atom. The third-order valence-electron chi connectivity index (χ3n) is 5.11. The summed E-state index contributed by atoms with van der Waals surface area (Å²) >= 11 is 0. The van der Waals surface area contributed by atoms with Crippen molar-refractivity contribution in [1.29, 1.82) is 0 Å². The summed E-state index contributed by atoms with van der Waals surface area (Å²) in [7, 11) is 0. The van der Waals surface area contributed by atoms with Gasteiger partial charge >= 0.3 is 0 Å². The van der Waals surface area contributed by atoms with E-state index in [0.717, 1.165) is 32.5 Å². The molecule has 1 N–H and O–H groups in total. The van der Waals surface area contributed by atoms with E-state index in [1.54, 1.807) is 0 Å². The summed E-state index contributed by atoms with van der Waals surface area (Å²) in [6.07, 6.45) is 2.12. The zero-order valence-corrected chi connectivity index (χ0v) is 16.0. The first kappa shape index (κ1) is 19.0. The van der Waals surface area contributed by atoms with Gasteiger partial charge in [-0.3, -0.25) is 9.69 Å². The molecule has 0 aliphatic carbocycles. The van der Waals surface area contributed by atoms with Crippen LogP contribution in [0.4, 0.5) is 0 Å². The number of likely N-dealkylation sites (tertiary alicyclic amines) is 1. The van der Waals surface area contributed by atoms with Gasteiger partial charge in [-0.05, 0) is 43.7 Å². The Labute approximate surface area is 147 Å². The van der Waals surface area contributed by atoms with Gasteiger partial charge in [-0.25, -0.2) is 0 Å². The van der Waals surface area contributed by atoms with Crippen LogP contribution in [0.15, 0.2) is 24.3 Å². The summed E-state index contributed by atoms with van der Waals surface area (Å²) < 4.78 is 0. The van der Waals surface area contributed by atoms with Crippen LogP contribution in [0.5, 0.6) is 0 Å². The predicted octanol–water partition coefficient (Wildman–Crippen LogP) is 4.00. The Hall–Kier alpha value is -1.35. The minimum atomic E-state index is 0.128. The first-order chi connectivity index (χ1) is 11.4. The van der Waals surface area contributed by atoms with Crippen molar-refractivity contribution in [2.24, 2.45) is 17.8 Å². The molecule has 1 heterocycles. The molecule has 1 aromatic carbocycles. The molecule has 0 bridgehead atoms. The van der Waals surface area contributed by atoms with Crippen molar-refractivity contribution >= 4 is 5.91 Å². The van der Waals surface area contributed by atoms with Gasteiger partial charge in [0, 0.05) is 19.1 Å². The lowest BCUT2D eigenvalue weighted by Crippen LogP contribution is -2.48. The van der Waals surface area contributed by atoms with Crippen LogP contribution in [0.1, 0.15) is 51.7 Å². The number of piperidine rings is 1. The molecule has 24 heavy (non-hydrogen) atoms. The van der Waals surface area contributed by atoms with Crippen molar-refractivity contribution in [1.82, 2.24) is 10.2 Å². The molecular weight excluding hydrogens is 296 g/mol. The van der Waals surface area contributed by atoms with E-state index >= 15 is 0 Å². The summed E-state index contributed by atoms with van der Waals surface area (Å²) in [5.74, 6) is 1.32. The molecule has 0 aromatic heterocycles. The van der Waals surface area contributed by atoms with Gasteiger partial charge in [0.1, 0.15) is 0 Å². The van der Waals surface area contributed by atoms with Gasteiger partial charge in [-0.15, -0.1) is 0 Å². The number of carbonyl (C=O) groups excluding carboxylic acids is 1. The maximum absolute atomic E-state index is 12.7. The topological polar surface area (TPSA) is 32.3 Å². The molecule has 1 aliphatic rings. The summed E-state index contributed by atoms with van der Waals surface area (Å²) in [5, 5.41) is 3.31. The third kappa shape index (κ3) is 5.34. The third-order valence-corrected chi connectivity index (χ3v) is 5.11. The minimum absolute atomic E-state index is 0.128. The summed E-state index contributed by atoms with van der Waals surface area (Å²) in [6.45, 7) is 13.8. The van der Waals surface area contributed by atoms with Crippen LogP contribution in [0.2, 0.25) is 0 Å². The second-order valence-electron chi connectivity index (χ2n) is 8.09. The average molecular weight is 331 g/mol. The molecule has 0 spiro atoms. The number of amides is 1. The van der Waals surface area contributed by atoms with Crippen molar-refractivity contribution in [2.45, 2.75) is 60.0 Å². The van der Waals surface area contributed by atoms with Gasteiger partial charge < -0.3 is 5.32 Å². The monoisotopic (exact) mass is 330 g/mol. The number of carbonyl (C=O) groups is 1. The van der Waals surface area contributed by atoms with Crippen molar-refractivity contribution in [3.8, 4) is 0 Å². The highest BCUT2D eigenvalue weighted by Crippen LogP contribution is 2.21. The Morgan fingerprint density at radius 2 is 1.96 bits per heavy atom. The van der Waals surface area contributed by atoms with Crippen LogP contribution < -0.4 is 5.32 Å². The van der Waals surface area contributed by atoms with Crippen molar-refractivity contribution in [2.75, 3.05) is 13.1 Å². The Morgan fingerprint density at radius 3 is 2.58 bits per heavy atom. The SMILES string of the molecule is Cc1cccc(CN2CCCC(C(=O)NC(C(C)C)C(C)C)C2)c1. The van der Waals surface area contributed by atoms with Gasteiger partial charge in [0.05, 0.1) is 5.92 Å². The molecule has 1 amide bonds. The number of rotatable bonds is 6. The standard InChI is InChI=1S/C21H34N2O/c1-15(2)20(16(3)4)22-21(24)19-10-7-11-23(14-19)13-18-9-6-8-17(5)12-18/h6,8-9,12,15-16,19-20H,7,10-11,13-14H2,1-5H3,(H,22,24). The van der Waals surface area contributed by atoms with Gasteiger partial charge in [-0.2, -0.15) is 0 Å². The number of aryl methyl sites for hydroxylation is 1. The molecule has 1 aromatic rings. The van der Waals surface area contributed by atoms with E-state index in [0.29, 0.717) is 11.8 Å². The summed E-state index contributed by atoms with van der Waals surface area (Å²) in [6, 6.07) is 8.95. The van der Waals surface area contributed by atoms with Gasteiger partial charge in [-0.1, -0.05) is 57.5 Å². The van der Waals surface area contributed by atoms with E-state index in [9.17, 15) is 4.79 Å². The highest BCUT2D eigenvalue weighted by atomic mass is 16.2. The first-order valence-electron chi connectivity index (χ1n) is 9.45. The second kappa shape index (κ2) is 8.66. The van der Waals surface area contributed by atoms with Crippen molar-refractivity contribution < 1.29 is 4.79 Å². The number of nitrogens with zero attached hydrogens (tertiary/aromatic N) is 1. The zero-order chi connectivity index (χ0) is 17.7. The van der Waals surface area contributed by atoms with Crippen molar-refractivity contribution in [3.05, 3.63) is 35.4 Å². The van der Waals surface area contributed by atoms with Crippen LogP contribution in [-0.4, -0.2) is 29.9 Å². The Kier molecular flexibility index (Phi) is 6.85. The van der Waals surface area contributed by atoms with Crippen LogP contribution in [0, 0.1) is 24.7 Å². The lowest BCUT2D eigenvalue weighted by molar-refractivity contribution is -0.128. The Balaban J connectivity index is 1.93. The van der Waals surface area contributed by atoms with Crippen LogP contribution in [0.3, 0.4) is 0 Å². The van der Waals surface area contributed by atoms with E-state index < -0.39 is 0 Å². The molecule has 0 radical (unpaired) electrons. The van der Waals surface area contributed by atoms with E-state index in [-0.39, 0.29) is 17.9 Å². The van der Waals surface area contributed by atoms with E-state index in [2.05, 4.69) is 69.1 Å². The van der Waals surface area contributed by atoms with Gasteiger partial charge in [0.2, 0.25) is 5.91 Å². The second-order valence-corrected chi connectivity index (χ2v) is 8.09. The molecule has 1 atom stereocenters. The number of benzene rings is 1. The summed E-state index contributed by atoms with van der Waals surface area (Å²) in [5.41, 5.74) is 2.65. The van der Waals surface area contributed by atoms with Crippen LogP contribution in [-0.2, 0) is 11.3 Å². The molecule has 1 fully saturated rings. The molecule has 0 saturated carbocycles. The Bertz CT molecular complexity index is 530. The molecule has 134 valence electrons. The fourth-order valence-electron chi connectivity index (χ4n) is 3.87. The quantitative estimate of drug-likeness (QED) is 0.855. The zero-order valence-electron chi connectivity index (χ0n) is 16.0.